The molecule has 0 saturated heterocycles. The largest absolute Gasteiger partial charge is 0.103 e. The minimum Gasteiger partial charge on any atom is -0.103 e. The second-order valence-electron chi connectivity index (χ2n) is 5.89. The molecule has 0 aromatic heterocycles. The van der Waals surface area contributed by atoms with Gasteiger partial charge >= 0.3 is 0 Å². The summed E-state index contributed by atoms with van der Waals surface area (Å²) in [7, 11) is 0. The molecule has 0 aliphatic heterocycles. The quantitative estimate of drug-likeness (QED) is 0.247. The maximum atomic E-state index is 4.12. The van der Waals surface area contributed by atoms with Crippen LogP contribution in [0.2, 0.25) is 0 Å². The van der Waals surface area contributed by atoms with Crippen LogP contribution in [0.4, 0.5) is 0 Å². The van der Waals surface area contributed by atoms with Gasteiger partial charge in [0.15, 0.2) is 0 Å². The summed E-state index contributed by atoms with van der Waals surface area (Å²) in [6.45, 7) is 11.0. The summed E-state index contributed by atoms with van der Waals surface area (Å²) < 4.78 is 0. The van der Waals surface area contributed by atoms with Gasteiger partial charge in [0, 0.05) is 0 Å². The van der Waals surface area contributed by atoms with Gasteiger partial charge in [-0.1, -0.05) is 84.6 Å². The van der Waals surface area contributed by atoms with E-state index in [0.717, 1.165) is 0 Å². The maximum Gasteiger partial charge on any atom is -0.0124 e. The first kappa shape index (κ1) is 17.7. The van der Waals surface area contributed by atoms with Crippen LogP contribution < -0.4 is 0 Å². The van der Waals surface area contributed by atoms with Crippen molar-refractivity contribution >= 4 is 0 Å². The Morgan fingerprint density at radius 3 is 1.56 bits per heavy atom. The lowest BCUT2D eigenvalue weighted by molar-refractivity contribution is 0.286. The SMILES string of the molecule is C=CC(CC)(CCCCCC)CCCCCCC. The van der Waals surface area contributed by atoms with Crippen molar-refractivity contribution < 1.29 is 0 Å². The molecule has 0 heterocycles. The van der Waals surface area contributed by atoms with Crippen LogP contribution in [0.3, 0.4) is 0 Å². The fourth-order valence-corrected chi connectivity index (χ4v) is 2.81. The zero-order valence-corrected chi connectivity index (χ0v) is 13.3. The number of rotatable bonds is 13. The molecular weight excluding hydrogens is 216 g/mol. The number of allylic oxidation sites excluding steroid dienone is 1. The highest BCUT2D eigenvalue weighted by Crippen LogP contribution is 2.36. The zero-order chi connectivity index (χ0) is 13.7. The second kappa shape index (κ2) is 11.8. The van der Waals surface area contributed by atoms with Crippen LogP contribution in [0, 0.1) is 5.41 Å². The molecule has 0 heteroatoms. The lowest BCUT2D eigenvalue weighted by Crippen LogP contribution is -2.16. The van der Waals surface area contributed by atoms with Crippen molar-refractivity contribution in [3.8, 4) is 0 Å². The van der Waals surface area contributed by atoms with Crippen molar-refractivity contribution in [3.05, 3.63) is 12.7 Å². The van der Waals surface area contributed by atoms with Gasteiger partial charge in [0.1, 0.15) is 0 Å². The van der Waals surface area contributed by atoms with Crippen molar-refractivity contribution in [1.82, 2.24) is 0 Å². The molecule has 108 valence electrons. The van der Waals surface area contributed by atoms with E-state index in [9.17, 15) is 0 Å². The smallest absolute Gasteiger partial charge is 0.0124 e. The Labute approximate surface area is 116 Å². The molecule has 0 N–H and O–H groups in total. The van der Waals surface area contributed by atoms with Crippen molar-refractivity contribution in [2.75, 3.05) is 0 Å². The van der Waals surface area contributed by atoms with Crippen molar-refractivity contribution in [1.29, 1.82) is 0 Å². The Hall–Kier alpha value is -0.260. The van der Waals surface area contributed by atoms with E-state index in [1.165, 1.54) is 77.0 Å². The molecule has 0 spiro atoms. The minimum absolute atomic E-state index is 0.444. The van der Waals surface area contributed by atoms with E-state index in [0.29, 0.717) is 5.41 Å². The lowest BCUT2D eigenvalue weighted by atomic mass is 9.76. The van der Waals surface area contributed by atoms with E-state index in [1.54, 1.807) is 0 Å². The van der Waals surface area contributed by atoms with Gasteiger partial charge in [0.2, 0.25) is 0 Å². The highest BCUT2D eigenvalue weighted by Gasteiger charge is 2.22. The Kier molecular flexibility index (Phi) is 11.6. The fourth-order valence-electron chi connectivity index (χ4n) is 2.81. The van der Waals surface area contributed by atoms with Crippen molar-refractivity contribution in [2.24, 2.45) is 5.41 Å². The van der Waals surface area contributed by atoms with Crippen LogP contribution in [0.15, 0.2) is 12.7 Å². The second-order valence-corrected chi connectivity index (χ2v) is 5.89. The Morgan fingerprint density at radius 1 is 0.722 bits per heavy atom. The monoisotopic (exact) mass is 252 g/mol. The van der Waals surface area contributed by atoms with Crippen LogP contribution in [0.5, 0.6) is 0 Å². The van der Waals surface area contributed by atoms with Crippen LogP contribution in [-0.2, 0) is 0 Å². The van der Waals surface area contributed by atoms with Crippen molar-refractivity contribution in [3.63, 3.8) is 0 Å². The van der Waals surface area contributed by atoms with Gasteiger partial charge in [0.05, 0.1) is 0 Å². The fraction of sp³-hybridized carbons (Fsp3) is 0.889. The van der Waals surface area contributed by atoms with Gasteiger partial charge in [-0.05, 0) is 24.7 Å². The molecule has 0 aliphatic carbocycles. The van der Waals surface area contributed by atoms with Gasteiger partial charge < -0.3 is 0 Å². The first-order valence-electron chi connectivity index (χ1n) is 8.38. The van der Waals surface area contributed by atoms with Gasteiger partial charge in [-0.3, -0.25) is 0 Å². The van der Waals surface area contributed by atoms with E-state index >= 15 is 0 Å². The highest BCUT2D eigenvalue weighted by molar-refractivity contribution is 4.93. The van der Waals surface area contributed by atoms with Gasteiger partial charge in [-0.15, -0.1) is 6.58 Å². The summed E-state index contributed by atoms with van der Waals surface area (Å²) in [5.74, 6) is 0. The first-order valence-corrected chi connectivity index (χ1v) is 8.38. The summed E-state index contributed by atoms with van der Waals surface area (Å²) in [4.78, 5) is 0. The predicted octanol–water partition coefficient (Wildman–Crippen LogP) is 6.90. The van der Waals surface area contributed by atoms with E-state index in [4.69, 9.17) is 0 Å². The number of hydrogen-bond acceptors (Lipinski definition) is 0. The topological polar surface area (TPSA) is 0 Å². The molecule has 0 amide bonds. The Bertz CT molecular complexity index is 182. The predicted molar refractivity (Wildman–Crippen MR) is 85.1 cm³/mol. The van der Waals surface area contributed by atoms with E-state index in [-0.39, 0.29) is 0 Å². The van der Waals surface area contributed by atoms with Crippen molar-refractivity contribution in [2.45, 2.75) is 97.8 Å². The average Bonchev–Trinajstić information content (AvgIpc) is 2.41. The molecule has 0 rings (SSSR count). The maximum absolute atomic E-state index is 4.12. The molecule has 0 bridgehead atoms. The molecule has 18 heavy (non-hydrogen) atoms. The van der Waals surface area contributed by atoms with Crippen LogP contribution >= 0.6 is 0 Å². The molecule has 1 atom stereocenters. The lowest BCUT2D eigenvalue weighted by Gasteiger charge is -2.29. The van der Waals surface area contributed by atoms with Crippen LogP contribution in [0.25, 0.3) is 0 Å². The minimum atomic E-state index is 0.444. The highest BCUT2D eigenvalue weighted by atomic mass is 14.3. The molecule has 0 radical (unpaired) electrons. The number of hydrogen-bond donors (Lipinski definition) is 0. The third kappa shape index (κ3) is 7.95. The van der Waals surface area contributed by atoms with E-state index < -0.39 is 0 Å². The molecule has 0 aromatic carbocycles. The van der Waals surface area contributed by atoms with Gasteiger partial charge in [-0.2, -0.15) is 0 Å². The summed E-state index contributed by atoms with van der Waals surface area (Å²) in [5.41, 5.74) is 0.444. The summed E-state index contributed by atoms with van der Waals surface area (Å²) in [6.07, 6.45) is 18.8. The molecule has 0 fully saturated rings. The Morgan fingerprint density at radius 2 is 1.17 bits per heavy atom. The third-order valence-electron chi connectivity index (χ3n) is 4.44. The summed E-state index contributed by atoms with van der Waals surface area (Å²) in [6, 6.07) is 0. The molecule has 0 saturated carbocycles. The van der Waals surface area contributed by atoms with E-state index in [1.807, 2.05) is 0 Å². The average molecular weight is 252 g/mol. The molecule has 0 aromatic rings. The normalized spacial score (nSPS) is 14.4. The molecule has 0 nitrogen and oxygen atoms in total. The molecular formula is C18H36. The molecule has 1 unspecified atom stereocenters. The summed E-state index contributed by atoms with van der Waals surface area (Å²) >= 11 is 0. The standard InChI is InChI=1S/C18H36/c1-5-9-11-13-15-17-18(7-3,8-4)16-14-12-10-6-2/h7H,3,5-6,8-17H2,1-2,4H3. The zero-order valence-electron chi connectivity index (χ0n) is 13.3. The van der Waals surface area contributed by atoms with Crippen LogP contribution in [-0.4, -0.2) is 0 Å². The number of unbranched alkanes of at least 4 members (excludes halogenated alkanes) is 7. The van der Waals surface area contributed by atoms with E-state index in [2.05, 4.69) is 33.4 Å². The van der Waals surface area contributed by atoms with Gasteiger partial charge in [0.25, 0.3) is 0 Å². The summed E-state index contributed by atoms with van der Waals surface area (Å²) in [5, 5.41) is 0. The third-order valence-corrected chi connectivity index (χ3v) is 4.44. The molecule has 0 aliphatic rings. The van der Waals surface area contributed by atoms with Gasteiger partial charge in [-0.25, -0.2) is 0 Å². The van der Waals surface area contributed by atoms with Crippen LogP contribution in [0.1, 0.15) is 97.8 Å². The first-order chi connectivity index (χ1) is 8.74. The Balaban J connectivity index is 3.89.